The number of hydrogen-bond donors (Lipinski definition) is 2. The van der Waals surface area contributed by atoms with Crippen molar-refractivity contribution in [3.63, 3.8) is 0 Å². The molecule has 2 heterocycles. The Morgan fingerprint density at radius 1 is 1.21 bits per heavy atom. The third-order valence-electron chi connectivity index (χ3n) is 4.12. The molecule has 2 aliphatic rings. The van der Waals surface area contributed by atoms with Crippen LogP contribution in [0.5, 0.6) is 0 Å². The van der Waals surface area contributed by atoms with Gasteiger partial charge in [0.2, 0.25) is 5.91 Å². The maximum atomic E-state index is 12.4. The van der Waals surface area contributed by atoms with Crippen molar-refractivity contribution >= 4 is 27.5 Å². The van der Waals surface area contributed by atoms with Crippen molar-refractivity contribution in [2.24, 2.45) is 4.99 Å². The molecule has 0 atom stereocenters. The van der Waals surface area contributed by atoms with Gasteiger partial charge in [-0.05, 0) is 50.6 Å². The van der Waals surface area contributed by atoms with Gasteiger partial charge < -0.3 is 5.32 Å². The van der Waals surface area contributed by atoms with Crippen LogP contribution < -0.4 is 10.0 Å². The highest BCUT2D eigenvalue weighted by atomic mass is 32.2. The number of nitrogens with one attached hydrogen (secondary N) is 2. The molecule has 0 saturated carbocycles. The van der Waals surface area contributed by atoms with Crippen LogP contribution in [0.4, 0.5) is 5.69 Å². The van der Waals surface area contributed by atoms with E-state index in [-0.39, 0.29) is 10.8 Å². The zero-order valence-electron chi connectivity index (χ0n) is 13.5. The minimum atomic E-state index is -3.67. The number of amidine groups is 1. The minimum Gasteiger partial charge on any atom is -0.325 e. The predicted octanol–water partition coefficient (Wildman–Crippen LogP) is 1.19. The summed E-state index contributed by atoms with van der Waals surface area (Å²) in [4.78, 5) is 18.4. The Morgan fingerprint density at radius 3 is 2.71 bits per heavy atom. The van der Waals surface area contributed by atoms with Crippen molar-refractivity contribution in [1.29, 1.82) is 0 Å². The van der Waals surface area contributed by atoms with Crippen LogP contribution in [0.3, 0.4) is 0 Å². The van der Waals surface area contributed by atoms with Crippen LogP contribution in [0, 0.1) is 0 Å². The van der Waals surface area contributed by atoms with Gasteiger partial charge in [0, 0.05) is 18.7 Å². The molecular weight excluding hydrogens is 328 g/mol. The first-order chi connectivity index (χ1) is 11.5. The molecule has 1 saturated heterocycles. The van der Waals surface area contributed by atoms with E-state index in [0.717, 1.165) is 32.4 Å². The largest absolute Gasteiger partial charge is 0.325 e. The molecule has 130 valence electrons. The zero-order chi connectivity index (χ0) is 17.0. The fourth-order valence-electron chi connectivity index (χ4n) is 2.92. The minimum absolute atomic E-state index is 0.121. The molecular formula is C16H22N4O3S. The summed E-state index contributed by atoms with van der Waals surface area (Å²) in [6, 6.07) is 6.29. The third kappa shape index (κ3) is 4.33. The molecule has 0 radical (unpaired) electrons. The quantitative estimate of drug-likeness (QED) is 0.835. The lowest BCUT2D eigenvalue weighted by Gasteiger charge is -2.14. The van der Waals surface area contributed by atoms with E-state index in [0.29, 0.717) is 31.0 Å². The predicted molar refractivity (Wildman–Crippen MR) is 92.6 cm³/mol. The van der Waals surface area contributed by atoms with E-state index in [1.807, 2.05) is 0 Å². The van der Waals surface area contributed by atoms with Crippen LogP contribution >= 0.6 is 0 Å². The first kappa shape index (κ1) is 16.9. The molecule has 2 aliphatic heterocycles. The Morgan fingerprint density at radius 2 is 2.00 bits per heavy atom. The van der Waals surface area contributed by atoms with E-state index in [9.17, 15) is 13.2 Å². The van der Waals surface area contributed by atoms with Gasteiger partial charge >= 0.3 is 0 Å². The van der Waals surface area contributed by atoms with Gasteiger partial charge in [-0.15, -0.1) is 0 Å². The Bertz CT molecular complexity index is 739. The summed E-state index contributed by atoms with van der Waals surface area (Å²) in [5, 5.41) is 2.77. The molecule has 1 fully saturated rings. The number of hydrogen-bond acceptors (Lipinski definition) is 5. The van der Waals surface area contributed by atoms with E-state index < -0.39 is 10.0 Å². The second kappa shape index (κ2) is 7.31. The molecule has 1 aromatic rings. The normalized spacial score (nSPS) is 18.4. The van der Waals surface area contributed by atoms with Crippen molar-refractivity contribution in [2.45, 2.75) is 30.6 Å². The standard InChI is InChI=1S/C16H22N4O3S/c21-16(12-20-9-1-2-10-20)18-13-5-3-6-14(11-13)24(22,23)19-15-7-4-8-17-15/h3,5-6,11H,1-2,4,7-10,12H2,(H,17,19)(H,18,21). The maximum absolute atomic E-state index is 12.4. The Balaban J connectivity index is 1.65. The monoisotopic (exact) mass is 350 g/mol. The van der Waals surface area contributed by atoms with Crippen LogP contribution in [0.15, 0.2) is 34.2 Å². The molecule has 0 bridgehead atoms. The van der Waals surface area contributed by atoms with E-state index in [1.165, 1.54) is 12.1 Å². The number of rotatable bonds is 5. The molecule has 1 aromatic carbocycles. The highest BCUT2D eigenvalue weighted by Gasteiger charge is 2.19. The van der Waals surface area contributed by atoms with E-state index in [4.69, 9.17) is 0 Å². The van der Waals surface area contributed by atoms with Crippen molar-refractivity contribution in [2.75, 3.05) is 31.5 Å². The number of carbonyl (C=O) groups is 1. The van der Waals surface area contributed by atoms with Crippen molar-refractivity contribution in [1.82, 2.24) is 9.62 Å². The van der Waals surface area contributed by atoms with Crippen molar-refractivity contribution in [3.05, 3.63) is 24.3 Å². The fraction of sp³-hybridized carbons (Fsp3) is 0.500. The number of nitrogens with zero attached hydrogens (tertiary/aromatic N) is 2. The first-order valence-electron chi connectivity index (χ1n) is 8.21. The van der Waals surface area contributed by atoms with Gasteiger partial charge in [0.25, 0.3) is 10.0 Å². The second-order valence-corrected chi connectivity index (χ2v) is 7.78. The van der Waals surface area contributed by atoms with Crippen molar-refractivity contribution in [3.8, 4) is 0 Å². The van der Waals surface area contributed by atoms with Crippen LogP contribution in [0.1, 0.15) is 25.7 Å². The topological polar surface area (TPSA) is 90.9 Å². The smallest absolute Gasteiger partial charge is 0.262 e. The average molecular weight is 350 g/mol. The third-order valence-corrected chi connectivity index (χ3v) is 5.50. The molecule has 8 heteroatoms. The van der Waals surface area contributed by atoms with Gasteiger partial charge in [0.15, 0.2) is 0 Å². The van der Waals surface area contributed by atoms with Crippen LogP contribution in [0.2, 0.25) is 0 Å². The SMILES string of the molecule is O=C(CN1CCCC1)Nc1cccc(S(=O)(=O)NC2=NCCC2)c1. The van der Waals surface area contributed by atoms with Gasteiger partial charge in [-0.1, -0.05) is 6.07 Å². The number of aliphatic imine (C=N–C) groups is 1. The number of amides is 1. The lowest BCUT2D eigenvalue weighted by atomic mass is 10.3. The van der Waals surface area contributed by atoms with E-state index in [2.05, 4.69) is 19.9 Å². The van der Waals surface area contributed by atoms with E-state index in [1.54, 1.807) is 12.1 Å². The molecule has 3 rings (SSSR count). The zero-order valence-corrected chi connectivity index (χ0v) is 14.3. The highest BCUT2D eigenvalue weighted by molar-refractivity contribution is 7.90. The summed E-state index contributed by atoms with van der Waals surface area (Å²) in [7, 11) is -3.67. The lowest BCUT2D eigenvalue weighted by molar-refractivity contribution is -0.117. The van der Waals surface area contributed by atoms with Gasteiger partial charge in [-0.25, -0.2) is 8.42 Å². The molecule has 0 unspecified atom stereocenters. The summed E-state index contributed by atoms with van der Waals surface area (Å²) in [6.07, 6.45) is 3.75. The summed E-state index contributed by atoms with van der Waals surface area (Å²) in [5.74, 6) is 0.373. The van der Waals surface area contributed by atoms with Gasteiger partial charge in [0.1, 0.15) is 5.84 Å². The number of benzene rings is 1. The van der Waals surface area contributed by atoms with Crippen LogP contribution in [0.25, 0.3) is 0 Å². The lowest BCUT2D eigenvalue weighted by Crippen LogP contribution is -2.31. The number of anilines is 1. The molecule has 0 aliphatic carbocycles. The van der Waals surface area contributed by atoms with Gasteiger partial charge in [-0.3, -0.25) is 19.4 Å². The fourth-order valence-corrected chi connectivity index (χ4v) is 4.06. The van der Waals surface area contributed by atoms with Gasteiger partial charge in [0.05, 0.1) is 11.4 Å². The number of sulfonamides is 1. The maximum Gasteiger partial charge on any atom is 0.262 e. The van der Waals surface area contributed by atoms with E-state index >= 15 is 0 Å². The highest BCUT2D eigenvalue weighted by Crippen LogP contribution is 2.17. The number of likely N-dealkylation sites (tertiary alicyclic amines) is 1. The van der Waals surface area contributed by atoms with Crippen LogP contribution in [-0.4, -0.2) is 51.2 Å². The summed E-state index contributed by atoms with van der Waals surface area (Å²) < 4.78 is 27.3. The molecule has 0 aromatic heterocycles. The molecule has 2 N–H and O–H groups in total. The summed E-state index contributed by atoms with van der Waals surface area (Å²) >= 11 is 0. The first-order valence-corrected chi connectivity index (χ1v) is 9.70. The summed E-state index contributed by atoms with van der Waals surface area (Å²) in [5.41, 5.74) is 0.482. The second-order valence-electron chi connectivity index (χ2n) is 6.10. The molecule has 1 amide bonds. The molecule has 24 heavy (non-hydrogen) atoms. The van der Waals surface area contributed by atoms with Crippen molar-refractivity contribution < 1.29 is 13.2 Å². The van der Waals surface area contributed by atoms with Crippen LogP contribution in [-0.2, 0) is 14.8 Å². The Hall–Kier alpha value is -1.93. The average Bonchev–Trinajstić information content (AvgIpc) is 3.21. The Kier molecular flexibility index (Phi) is 5.15. The summed E-state index contributed by atoms with van der Waals surface area (Å²) in [6.45, 7) is 2.87. The number of carbonyl (C=O) groups excluding carboxylic acids is 1. The molecule has 0 spiro atoms. The Labute approximate surface area is 142 Å². The molecule has 7 nitrogen and oxygen atoms in total. The van der Waals surface area contributed by atoms with Gasteiger partial charge in [-0.2, -0.15) is 0 Å².